The lowest BCUT2D eigenvalue weighted by Crippen LogP contribution is -2.38. The van der Waals surface area contributed by atoms with Gasteiger partial charge in [-0.1, -0.05) is 37.1 Å². The first-order chi connectivity index (χ1) is 14.8. The zero-order chi connectivity index (χ0) is 20.9. The van der Waals surface area contributed by atoms with Gasteiger partial charge in [-0.25, -0.2) is 0 Å². The first-order valence-corrected chi connectivity index (χ1v) is 11.7. The van der Waals surface area contributed by atoms with E-state index in [2.05, 4.69) is 44.8 Å². The lowest BCUT2D eigenvalue weighted by Gasteiger charge is -2.22. The molecule has 2 aliphatic rings. The van der Waals surface area contributed by atoms with Crippen molar-refractivity contribution in [3.63, 3.8) is 0 Å². The summed E-state index contributed by atoms with van der Waals surface area (Å²) in [5.41, 5.74) is 2.78. The molecule has 0 radical (unpaired) electrons. The lowest BCUT2D eigenvalue weighted by atomic mass is 10.1. The predicted molar refractivity (Wildman–Crippen MR) is 123 cm³/mol. The second kappa shape index (κ2) is 13.6. The molecule has 2 heterocycles. The summed E-state index contributed by atoms with van der Waals surface area (Å²) in [7, 11) is 1.83. The monoisotopic (exact) mass is 416 g/mol. The minimum Gasteiger partial charge on any atom is -0.381 e. The van der Waals surface area contributed by atoms with E-state index in [1.54, 1.807) is 0 Å². The van der Waals surface area contributed by atoms with E-state index < -0.39 is 0 Å². The van der Waals surface area contributed by atoms with Gasteiger partial charge in [-0.2, -0.15) is 0 Å². The number of guanidine groups is 1. The van der Waals surface area contributed by atoms with Crippen LogP contribution in [0.2, 0.25) is 0 Å². The first kappa shape index (κ1) is 23.0. The van der Waals surface area contributed by atoms with E-state index in [-0.39, 0.29) is 0 Å². The molecule has 30 heavy (non-hydrogen) atoms. The van der Waals surface area contributed by atoms with E-state index in [4.69, 9.17) is 9.47 Å². The number of likely N-dealkylation sites (tertiary alicyclic amines) is 1. The summed E-state index contributed by atoms with van der Waals surface area (Å²) in [5.74, 6) is 1.44. The molecule has 168 valence electrons. The van der Waals surface area contributed by atoms with Gasteiger partial charge in [0.1, 0.15) is 0 Å². The number of nitrogens with zero attached hydrogens (tertiary/aromatic N) is 2. The molecule has 6 nitrogen and oxygen atoms in total. The van der Waals surface area contributed by atoms with Crippen LogP contribution in [0.25, 0.3) is 0 Å². The average molecular weight is 417 g/mol. The highest BCUT2D eigenvalue weighted by atomic mass is 16.5. The van der Waals surface area contributed by atoms with Gasteiger partial charge in [-0.3, -0.25) is 9.89 Å². The summed E-state index contributed by atoms with van der Waals surface area (Å²) < 4.78 is 11.2. The Morgan fingerprint density at radius 2 is 1.93 bits per heavy atom. The van der Waals surface area contributed by atoms with Crippen LogP contribution in [0.5, 0.6) is 0 Å². The number of ether oxygens (including phenoxy) is 2. The smallest absolute Gasteiger partial charge is 0.191 e. The molecule has 6 heteroatoms. The van der Waals surface area contributed by atoms with Crippen molar-refractivity contribution in [1.29, 1.82) is 0 Å². The van der Waals surface area contributed by atoms with E-state index in [1.165, 1.54) is 49.9 Å². The molecule has 0 aromatic heterocycles. The van der Waals surface area contributed by atoms with Gasteiger partial charge < -0.3 is 20.1 Å². The van der Waals surface area contributed by atoms with Gasteiger partial charge in [-0.15, -0.1) is 0 Å². The number of hydrogen-bond acceptors (Lipinski definition) is 4. The third-order valence-electron chi connectivity index (χ3n) is 6.02. The molecular weight excluding hydrogens is 376 g/mol. The van der Waals surface area contributed by atoms with Crippen LogP contribution in [0.3, 0.4) is 0 Å². The van der Waals surface area contributed by atoms with Crippen molar-refractivity contribution in [2.75, 3.05) is 53.1 Å². The van der Waals surface area contributed by atoms with Crippen molar-refractivity contribution in [1.82, 2.24) is 15.5 Å². The van der Waals surface area contributed by atoms with Gasteiger partial charge in [0, 0.05) is 45.8 Å². The highest BCUT2D eigenvalue weighted by Crippen LogP contribution is 2.16. The molecule has 3 rings (SSSR count). The van der Waals surface area contributed by atoms with Gasteiger partial charge in [0.15, 0.2) is 5.96 Å². The zero-order valence-electron chi connectivity index (χ0n) is 18.7. The fourth-order valence-corrected chi connectivity index (χ4v) is 4.16. The van der Waals surface area contributed by atoms with Gasteiger partial charge in [-0.05, 0) is 49.9 Å². The summed E-state index contributed by atoms with van der Waals surface area (Å²) >= 11 is 0. The van der Waals surface area contributed by atoms with Crippen LogP contribution in [0, 0.1) is 5.92 Å². The van der Waals surface area contributed by atoms with Crippen molar-refractivity contribution in [2.45, 2.75) is 51.6 Å². The molecule has 2 saturated heterocycles. The normalized spacial score (nSPS) is 20.8. The number of benzene rings is 1. The molecule has 1 atom stereocenters. The molecule has 2 aliphatic heterocycles. The molecule has 0 aliphatic carbocycles. The van der Waals surface area contributed by atoms with Crippen molar-refractivity contribution in [3.05, 3.63) is 35.4 Å². The first-order valence-electron chi connectivity index (χ1n) is 11.7. The maximum absolute atomic E-state index is 5.77. The molecular formula is C24H40N4O2. The van der Waals surface area contributed by atoms with E-state index in [0.29, 0.717) is 5.92 Å². The Morgan fingerprint density at radius 1 is 1.13 bits per heavy atom. The number of aliphatic imine (C=N–C) groups is 1. The highest BCUT2D eigenvalue weighted by molar-refractivity contribution is 5.79. The Bertz CT molecular complexity index is 623. The molecule has 2 N–H and O–H groups in total. The Morgan fingerprint density at radius 3 is 2.67 bits per heavy atom. The Labute approximate surface area is 182 Å². The van der Waals surface area contributed by atoms with E-state index in [1.807, 2.05) is 7.05 Å². The van der Waals surface area contributed by atoms with Crippen LogP contribution >= 0.6 is 0 Å². The van der Waals surface area contributed by atoms with Gasteiger partial charge in [0.25, 0.3) is 0 Å². The maximum atomic E-state index is 5.77. The summed E-state index contributed by atoms with van der Waals surface area (Å²) in [5, 5.41) is 6.88. The van der Waals surface area contributed by atoms with Crippen molar-refractivity contribution in [3.8, 4) is 0 Å². The van der Waals surface area contributed by atoms with Gasteiger partial charge in [0.05, 0.1) is 13.2 Å². The Kier molecular flexibility index (Phi) is 10.5. The average Bonchev–Trinajstić information content (AvgIpc) is 3.16. The molecule has 0 spiro atoms. The van der Waals surface area contributed by atoms with Crippen molar-refractivity contribution >= 4 is 5.96 Å². The Hall–Kier alpha value is -1.63. The second-order valence-electron chi connectivity index (χ2n) is 8.47. The molecule has 1 aromatic rings. The standard InChI is InChI=1S/C24H40N4O2/c1-25-24(26-12-8-15-29-19-21-11-16-30-20-21)27-17-22-9-4-5-10-23(22)18-28-13-6-2-3-7-14-28/h4-5,9-10,21H,2-3,6-8,11-20H2,1H3,(H2,25,26,27). The van der Waals surface area contributed by atoms with Crippen LogP contribution < -0.4 is 10.6 Å². The summed E-state index contributed by atoms with van der Waals surface area (Å²) in [6.07, 6.45) is 7.52. The van der Waals surface area contributed by atoms with Gasteiger partial charge in [0.2, 0.25) is 0 Å². The van der Waals surface area contributed by atoms with Crippen LogP contribution in [-0.4, -0.2) is 64.0 Å². The molecule has 0 amide bonds. The summed E-state index contributed by atoms with van der Waals surface area (Å²) in [6, 6.07) is 8.78. The molecule has 1 aromatic carbocycles. The van der Waals surface area contributed by atoms with Crippen molar-refractivity contribution in [2.24, 2.45) is 10.9 Å². The van der Waals surface area contributed by atoms with Crippen molar-refractivity contribution < 1.29 is 9.47 Å². The fourth-order valence-electron chi connectivity index (χ4n) is 4.16. The van der Waals surface area contributed by atoms with Crippen LogP contribution in [0.15, 0.2) is 29.3 Å². The Balaban J connectivity index is 1.35. The van der Waals surface area contributed by atoms with E-state index in [9.17, 15) is 0 Å². The molecule has 0 saturated carbocycles. The number of nitrogens with one attached hydrogen (secondary N) is 2. The minimum absolute atomic E-state index is 0.585. The second-order valence-corrected chi connectivity index (χ2v) is 8.47. The van der Waals surface area contributed by atoms with Crippen LogP contribution in [0.4, 0.5) is 0 Å². The minimum atomic E-state index is 0.585. The molecule has 0 bridgehead atoms. The van der Waals surface area contributed by atoms with Gasteiger partial charge >= 0.3 is 0 Å². The molecule has 2 fully saturated rings. The summed E-state index contributed by atoms with van der Waals surface area (Å²) in [4.78, 5) is 6.98. The topological polar surface area (TPSA) is 58.1 Å². The highest BCUT2D eigenvalue weighted by Gasteiger charge is 2.15. The van der Waals surface area contributed by atoms with Crippen LogP contribution in [-0.2, 0) is 22.6 Å². The maximum Gasteiger partial charge on any atom is 0.191 e. The number of rotatable bonds is 10. The third kappa shape index (κ3) is 8.25. The lowest BCUT2D eigenvalue weighted by molar-refractivity contribution is 0.0888. The summed E-state index contributed by atoms with van der Waals surface area (Å²) in [6.45, 7) is 8.49. The number of hydrogen-bond donors (Lipinski definition) is 2. The van der Waals surface area contributed by atoms with Crippen LogP contribution in [0.1, 0.15) is 49.7 Å². The SMILES string of the molecule is CN=C(NCCCOCC1CCOC1)NCc1ccccc1CN1CCCCCC1. The molecule has 1 unspecified atom stereocenters. The van der Waals surface area contributed by atoms with E-state index in [0.717, 1.165) is 64.9 Å². The zero-order valence-corrected chi connectivity index (χ0v) is 18.7. The quantitative estimate of drug-likeness (QED) is 0.349. The largest absolute Gasteiger partial charge is 0.381 e. The van der Waals surface area contributed by atoms with E-state index >= 15 is 0 Å². The fraction of sp³-hybridized carbons (Fsp3) is 0.708. The third-order valence-corrected chi connectivity index (χ3v) is 6.02. The predicted octanol–water partition coefficient (Wildman–Crippen LogP) is 3.17.